The van der Waals surface area contributed by atoms with E-state index >= 15 is 0 Å². The van der Waals surface area contributed by atoms with Crippen LogP contribution in [0.3, 0.4) is 0 Å². The van der Waals surface area contributed by atoms with E-state index in [0.29, 0.717) is 11.8 Å². The van der Waals surface area contributed by atoms with Crippen LogP contribution in [0.15, 0.2) is 38.7 Å². The number of hydrogen-bond acceptors (Lipinski definition) is 3. The van der Waals surface area contributed by atoms with E-state index in [2.05, 4.69) is 25.9 Å². The first-order chi connectivity index (χ1) is 9.95. The van der Waals surface area contributed by atoms with Crippen molar-refractivity contribution >= 4 is 31.7 Å². The van der Waals surface area contributed by atoms with Gasteiger partial charge in [-0.05, 0) is 62.3 Å². The molecule has 21 heavy (non-hydrogen) atoms. The third kappa shape index (κ3) is 3.16. The summed E-state index contributed by atoms with van der Waals surface area (Å²) in [5, 5.41) is 4.16. The summed E-state index contributed by atoms with van der Waals surface area (Å²) in [7, 11) is -3.57. The van der Waals surface area contributed by atoms with Gasteiger partial charge in [-0.15, -0.1) is 0 Å². The largest absolute Gasteiger partial charge is 0.276 e. The molecule has 2 fully saturated rings. The van der Waals surface area contributed by atoms with Crippen molar-refractivity contribution in [1.82, 2.24) is 4.83 Å². The van der Waals surface area contributed by atoms with Crippen LogP contribution in [0.1, 0.15) is 32.6 Å². The Morgan fingerprint density at radius 2 is 1.95 bits per heavy atom. The predicted molar refractivity (Wildman–Crippen MR) is 86.5 cm³/mol. The van der Waals surface area contributed by atoms with Gasteiger partial charge in [-0.3, -0.25) is 0 Å². The molecule has 0 spiro atoms. The molecule has 0 saturated heterocycles. The molecular weight excluding hydrogens is 352 g/mol. The summed E-state index contributed by atoms with van der Waals surface area (Å²) in [6, 6.07) is 6.55. The summed E-state index contributed by atoms with van der Waals surface area (Å²) in [5.74, 6) is 1.99. The summed E-state index contributed by atoms with van der Waals surface area (Å²) in [6.45, 7) is 1.94. The van der Waals surface area contributed by atoms with Crippen LogP contribution in [0, 0.1) is 17.8 Å². The number of nitrogens with zero attached hydrogens (tertiary/aromatic N) is 1. The van der Waals surface area contributed by atoms with Crippen LogP contribution in [0.2, 0.25) is 0 Å². The van der Waals surface area contributed by atoms with Crippen molar-refractivity contribution in [2.45, 2.75) is 37.5 Å². The zero-order valence-electron chi connectivity index (χ0n) is 11.9. The highest BCUT2D eigenvalue weighted by molar-refractivity contribution is 9.10. The van der Waals surface area contributed by atoms with E-state index in [0.717, 1.165) is 16.1 Å². The molecule has 114 valence electrons. The van der Waals surface area contributed by atoms with Gasteiger partial charge >= 0.3 is 0 Å². The monoisotopic (exact) mass is 370 g/mol. The Morgan fingerprint density at radius 1 is 1.24 bits per heavy atom. The number of rotatable bonds is 4. The van der Waals surface area contributed by atoms with Crippen LogP contribution in [-0.2, 0) is 10.0 Å². The summed E-state index contributed by atoms with van der Waals surface area (Å²) in [4.78, 5) is 2.61. The number of benzene rings is 1. The van der Waals surface area contributed by atoms with Crippen LogP contribution in [0.4, 0.5) is 0 Å². The van der Waals surface area contributed by atoms with Gasteiger partial charge in [-0.2, -0.15) is 13.5 Å². The second kappa shape index (κ2) is 5.72. The summed E-state index contributed by atoms with van der Waals surface area (Å²) >= 11 is 3.29. The molecule has 3 rings (SSSR count). The van der Waals surface area contributed by atoms with Crippen LogP contribution < -0.4 is 4.83 Å². The lowest BCUT2D eigenvalue weighted by atomic mass is 9.86. The molecule has 2 saturated carbocycles. The zero-order chi connectivity index (χ0) is 15.0. The highest BCUT2D eigenvalue weighted by atomic mass is 79.9. The number of hydrogen-bond donors (Lipinski definition) is 1. The van der Waals surface area contributed by atoms with Gasteiger partial charge in [0.2, 0.25) is 0 Å². The van der Waals surface area contributed by atoms with Crippen LogP contribution >= 0.6 is 15.9 Å². The number of fused-ring (bicyclic) bond motifs is 2. The van der Waals surface area contributed by atoms with E-state index < -0.39 is 10.0 Å². The molecule has 2 aliphatic rings. The Bertz CT molecular complexity index is 655. The van der Waals surface area contributed by atoms with Gasteiger partial charge in [0.15, 0.2) is 0 Å². The van der Waals surface area contributed by atoms with Gasteiger partial charge in [0.1, 0.15) is 0 Å². The van der Waals surface area contributed by atoms with E-state index in [1.807, 2.05) is 6.92 Å². The fourth-order valence-corrected chi connectivity index (χ4v) is 4.77. The minimum Gasteiger partial charge on any atom is -0.200 e. The molecule has 0 heterocycles. The fraction of sp³-hybridized carbons (Fsp3) is 0.533. The van der Waals surface area contributed by atoms with E-state index in [9.17, 15) is 8.42 Å². The lowest BCUT2D eigenvalue weighted by Gasteiger charge is -2.21. The average Bonchev–Trinajstić information content (AvgIpc) is 3.08. The third-order valence-corrected chi connectivity index (χ3v) is 6.49. The summed E-state index contributed by atoms with van der Waals surface area (Å²) < 4.78 is 25.2. The van der Waals surface area contributed by atoms with Crippen LogP contribution in [0.25, 0.3) is 0 Å². The highest BCUT2D eigenvalue weighted by Gasteiger charge is 2.40. The van der Waals surface area contributed by atoms with Gasteiger partial charge < -0.3 is 0 Å². The zero-order valence-corrected chi connectivity index (χ0v) is 14.3. The molecular formula is C15H19BrN2O2S. The Hall–Kier alpha value is -0.880. The highest BCUT2D eigenvalue weighted by Crippen LogP contribution is 2.48. The molecule has 3 unspecified atom stereocenters. The predicted octanol–water partition coefficient (Wildman–Crippen LogP) is 3.54. The normalized spacial score (nSPS) is 28.9. The molecule has 1 aromatic rings. The van der Waals surface area contributed by atoms with Crippen LogP contribution in [0.5, 0.6) is 0 Å². The first-order valence-electron chi connectivity index (χ1n) is 7.27. The topological polar surface area (TPSA) is 58.5 Å². The Morgan fingerprint density at radius 3 is 2.52 bits per heavy atom. The Balaban J connectivity index is 1.71. The number of nitrogens with one attached hydrogen (secondary N) is 1. The van der Waals surface area contributed by atoms with E-state index in [4.69, 9.17) is 0 Å². The van der Waals surface area contributed by atoms with Gasteiger partial charge in [0.05, 0.1) is 4.90 Å². The molecule has 2 aliphatic carbocycles. The molecule has 1 N–H and O–H groups in total. The minimum atomic E-state index is -3.57. The van der Waals surface area contributed by atoms with Crippen molar-refractivity contribution < 1.29 is 8.42 Å². The maximum atomic E-state index is 12.2. The molecule has 2 bridgehead atoms. The molecule has 4 nitrogen and oxygen atoms in total. The molecule has 0 aliphatic heterocycles. The molecule has 0 radical (unpaired) electrons. The SMILES string of the molecule is C/C(=N\NS(=O)(=O)c1ccc(Br)cc1)C1CC2CCC1C2. The quantitative estimate of drug-likeness (QED) is 0.650. The van der Waals surface area contributed by atoms with Crippen LogP contribution in [-0.4, -0.2) is 14.1 Å². The maximum absolute atomic E-state index is 12.2. The van der Waals surface area contributed by atoms with Crippen molar-refractivity contribution in [2.24, 2.45) is 22.9 Å². The van der Waals surface area contributed by atoms with Crippen molar-refractivity contribution in [1.29, 1.82) is 0 Å². The van der Waals surface area contributed by atoms with Gasteiger partial charge in [-0.25, -0.2) is 4.83 Å². The third-order valence-electron chi connectivity index (χ3n) is 4.74. The first-order valence-corrected chi connectivity index (χ1v) is 9.55. The molecule has 1 aromatic carbocycles. The molecule has 0 aromatic heterocycles. The lowest BCUT2D eigenvalue weighted by molar-refractivity contribution is 0.413. The number of hydrazone groups is 1. The average molecular weight is 371 g/mol. The van der Waals surface area contributed by atoms with Crippen molar-refractivity contribution in [3.8, 4) is 0 Å². The minimum absolute atomic E-state index is 0.232. The lowest BCUT2D eigenvalue weighted by Crippen LogP contribution is -2.24. The summed E-state index contributed by atoms with van der Waals surface area (Å²) in [6.07, 6.45) is 5.05. The van der Waals surface area contributed by atoms with Gasteiger partial charge in [-0.1, -0.05) is 22.4 Å². The van der Waals surface area contributed by atoms with Gasteiger partial charge in [0.25, 0.3) is 10.0 Å². The fourth-order valence-electron chi connectivity index (χ4n) is 3.64. The molecule has 3 atom stereocenters. The van der Waals surface area contributed by atoms with Crippen molar-refractivity contribution in [3.05, 3.63) is 28.7 Å². The maximum Gasteiger partial charge on any atom is 0.276 e. The number of halogens is 1. The Labute approximate surface area is 134 Å². The van der Waals surface area contributed by atoms with Crippen molar-refractivity contribution in [3.63, 3.8) is 0 Å². The van der Waals surface area contributed by atoms with E-state index in [-0.39, 0.29) is 4.90 Å². The first kappa shape index (κ1) is 15.0. The second-order valence-electron chi connectivity index (χ2n) is 6.08. The standard InChI is InChI=1S/C15H19BrN2O2S/c1-10(15-9-11-2-3-12(15)8-11)17-18-21(19,20)14-6-4-13(16)5-7-14/h4-7,11-12,15,18H,2-3,8-9H2,1H3/b17-10+. The number of sulfonamides is 1. The second-order valence-corrected chi connectivity index (χ2v) is 8.66. The van der Waals surface area contributed by atoms with E-state index in [1.165, 1.54) is 25.7 Å². The smallest absolute Gasteiger partial charge is 0.200 e. The van der Waals surface area contributed by atoms with E-state index in [1.54, 1.807) is 24.3 Å². The molecule has 6 heteroatoms. The summed E-state index contributed by atoms with van der Waals surface area (Å²) in [5.41, 5.74) is 0.919. The van der Waals surface area contributed by atoms with Gasteiger partial charge in [0, 0.05) is 16.1 Å². The van der Waals surface area contributed by atoms with Crippen molar-refractivity contribution in [2.75, 3.05) is 0 Å². The Kier molecular flexibility index (Phi) is 4.10. The molecule has 0 amide bonds.